The Hall–Kier alpha value is -1.53. The predicted octanol–water partition coefficient (Wildman–Crippen LogP) is 3.32. The van der Waals surface area contributed by atoms with Crippen LogP contribution in [0.25, 0.3) is 0 Å². The highest BCUT2D eigenvalue weighted by Gasteiger charge is 2.38. The van der Waals surface area contributed by atoms with E-state index in [-0.39, 0.29) is 18.2 Å². The van der Waals surface area contributed by atoms with Gasteiger partial charge in [-0.15, -0.1) is 0 Å². The number of thioether (sulfide) groups is 1. The summed E-state index contributed by atoms with van der Waals surface area (Å²) in [5.74, 6) is -0.252. The Labute approximate surface area is 145 Å². The molecule has 0 spiro atoms. The molecule has 1 atom stereocenters. The first-order chi connectivity index (χ1) is 11.0. The Morgan fingerprint density at radius 3 is 2.83 bits per heavy atom. The maximum absolute atomic E-state index is 12.4. The lowest BCUT2D eigenvalue weighted by molar-refractivity contribution is -0.128. The van der Waals surface area contributed by atoms with Crippen LogP contribution in [0.15, 0.2) is 23.2 Å². The van der Waals surface area contributed by atoms with E-state index < -0.39 is 5.25 Å². The van der Waals surface area contributed by atoms with Crippen molar-refractivity contribution >= 4 is 46.0 Å². The number of amides is 2. The van der Waals surface area contributed by atoms with E-state index >= 15 is 0 Å². The van der Waals surface area contributed by atoms with Crippen molar-refractivity contribution in [3.8, 4) is 0 Å². The summed E-state index contributed by atoms with van der Waals surface area (Å²) in [6, 6.07) is 5.35. The molecule has 0 bridgehead atoms. The number of amidine groups is 1. The lowest BCUT2D eigenvalue weighted by Crippen LogP contribution is -2.33. The number of hydrogen-bond acceptors (Lipinski definition) is 4. The van der Waals surface area contributed by atoms with Gasteiger partial charge in [-0.3, -0.25) is 19.5 Å². The van der Waals surface area contributed by atoms with Crippen molar-refractivity contribution in [3.05, 3.63) is 28.8 Å². The molecule has 5 nitrogen and oxygen atoms in total. The van der Waals surface area contributed by atoms with Crippen LogP contribution in [0.2, 0.25) is 5.02 Å². The van der Waals surface area contributed by atoms with Gasteiger partial charge >= 0.3 is 0 Å². The van der Waals surface area contributed by atoms with E-state index in [0.29, 0.717) is 29.0 Å². The molecule has 2 rings (SSSR count). The highest BCUT2D eigenvalue weighted by atomic mass is 35.5. The third-order valence-corrected chi connectivity index (χ3v) is 5.16. The predicted molar refractivity (Wildman–Crippen MR) is 96.2 cm³/mol. The maximum atomic E-state index is 12.4. The highest BCUT2D eigenvalue weighted by molar-refractivity contribution is 8.15. The van der Waals surface area contributed by atoms with E-state index in [1.165, 1.54) is 11.8 Å². The van der Waals surface area contributed by atoms with Crippen molar-refractivity contribution in [2.75, 3.05) is 18.4 Å². The lowest BCUT2D eigenvalue weighted by atomic mass is 10.2. The Morgan fingerprint density at radius 1 is 1.43 bits per heavy atom. The van der Waals surface area contributed by atoms with Crippen molar-refractivity contribution in [2.45, 2.75) is 32.4 Å². The Balaban J connectivity index is 2.04. The smallest absolute Gasteiger partial charge is 0.242 e. The molecule has 2 amide bonds. The topological polar surface area (TPSA) is 61.8 Å². The molecule has 0 aromatic heterocycles. The van der Waals surface area contributed by atoms with Crippen molar-refractivity contribution in [1.29, 1.82) is 0 Å². The number of anilines is 1. The summed E-state index contributed by atoms with van der Waals surface area (Å²) in [7, 11) is 0. The summed E-state index contributed by atoms with van der Waals surface area (Å²) in [4.78, 5) is 30.6. The second-order valence-corrected chi connectivity index (χ2v) is 6.69. The number of carbonyl (C=O) groups is 2. The van der Waals surface area contributed by atoms with Gasteiger partial charge in [0.05, 0.1) is 0 Å². The first-order valence-corrected chi connectivity index (χ1v) is 8.81. The summed E-state index contributed by atoms with van der Waals surface area (Å²) >= 11 is 7.41. The standard InChI is InChI=1S/C16H20ClN3O2S/c1-4-18-16-20(5-2)15(22)13(23-16)9-14(21)19-12-8-6-7-11(17)10(12)3/h6-8,13H,4-5,9H2,1-3H3,(H,19,21)/t13-/m0/s1. The normalized spacial score (nSPS) is 19.5. The summed E-state index contributed by atoms with van der Waals surface area (Å²) < 4.78 is 0. The highest BCUT2D eigenvalue weighted by Crippen LogP contribution is 2.30. The minimum Gasteiger partial charge on any atom is -0.326 e. The quantitative estimate of drug-likeness (QED) is 0.883. The number of nitrogens with zero attached hydrogens (tertiary/aromatic N) is 2. The number of benzene rings is 1. The minimum absolute atomic E-state index is 0.0531. The van der Waals surface area contributed by atoms with Gasteiger partial charge in [-0.2, -0.15) is 0 Å². The molecule has 0 radical (unpaired) electrons. The van der Waals surface area contributed by atoms with E-state index in [2.05, 4.69) is 10.3 Å². The lowest BCUT2D eigenvalue weighted by Gasteiger charge is -2.13. The Morgan fingerprint density at radius 2 is 2.17 bits per heavy atom. The van der Waals surface area contributed by atoms with Crippen LogP contribution in [0.4, 0.5) is 5.69 Å². The molecule has 1 aromatic rings. The van der Waals surface area contributed by atoms with E-state index in [1.54, 1.807) is 23.1 Å². The average Bonchev–Trinajstić information content (AvgIpc) is 2.79. The number of rotatable bonds is 5. The van der Waals surface area contributed by atoms with E-state index in [1.807, 2.05) is 20.8 Å². The van der Waals surface area contributed by atoms with Crippen molar-refractivity contribution in [3.63, 3.8) is 0 Å². The molecule has 1 fully saturated rings. The summed E-state index contributed by atoms with van der Waals surface area (Å²) in [6.45, 7) is 6.86. The molecule has 1 saturated heterocycles. The summed E-state index contributed by atoms with van der Waals surface area (Å²) in [6.07, 6.45) is 0.120. The molecule has 1 aromatic carbocycles. The molecule has 0 unspecified atom stereocenters. The largest absolute Gasteiger partial charge is 0.326 e. The van der Waals surface area contributed by atoms with Gasteiger partial charge in [-0.25, -0.2) is 0 Å². The molecule has 1 N–H and O–H groups in total. The number of nitrogens with one attached hydrogen (secondary N) is 1. The maximum Gasteiger partial charge on any atom is 0.242 e. The Kier molecular flexibility index (Phi) is 6.07. The number of carbonyl (C=O) groups excluding carboxylic acids is 2. The van der Waals surface area contributed by atoms with Crippen molar-refractivity contribution in [2.24, 2.45) is 4.99 Å². The first kappa shape index (κ1) is 17.8. The van der Waals surface area contributed by atoms with Gasteiger partial charge in [0.1, 0.15) is 5.25 Å². The number of hydrogen-bond donors (Lipinski definition) is 1. The van der Waals surface area contributed by atoms with Gasteiger partial charge in [0.25, 0.3) is 0 Å². The van der Waals surface area contributed by atoms with Crippen LogP contribution >= 0.6 is 23.4 Å². The molecular formula is C16H20ClN3O2S. The molecule has 7 heteroatoms. The van der Waals surface area contributed by atoms with Crippen LogP contribution in [0, 0.1) is 6.92 Å². The van der Waals surface area contributed by atoms with Crippen LogP contribution in [0.1, 0.15) is 25.8 Å². The van der Waals surface area contributed by atoms with Gasteiger partial charge in [-0.05, 0) is 38.5 Å². The zero-order chi connectivity index (χ0) is 17.0. The van der Waals surface area contributed by atoms with E-state index in [9.17, 15) is 9.59 Å². The fraction of sp³-hybridized carbons (Fsp3) is 0.438. The van der Waals surface area contributed by atoms with Crippen LogP contribution in [-0.2, 0) is 9.59 Å². The van der Waals surface area contributed by atoms with Crippen LogP contribution < -0.4 is 5.32 Å². The zero-order valence-electron chi connectivity index (χ0n) is 13.4. The van der Waals surface area contributed by atoms with Crippen LogP contribution in [0.3, 0.4) is 0 Å². The minimum atomic E-state index is -0.417. The Bertz CT molecular complexity index is 648. The van der Waals surface area contributed by atoms with Gasteiger partial charge in [-0.1, -0.05) is 29.4 Å². The SMILES string of the molecule is CCN=C1S[C@@H](CC(=O)Nc2cccc(Cl)c2C)C(=O)N1CC. The third kappa shape index (κ3) is 4.06. The zero-order valence-corrected chi connectivity index (χ0v) is 15.0. The second-order valence-electron chi connectivity index (χ2n) is 5.11. The van der Waals surface area contributed by atoms with E-state index in [0.717, 1.165) is 5.56 Å². The van der Waals surface area contributed by atoms with Gasteiger partial charge in [0.15, 0.2) is 5.17 Å². The molecule has 23 heavy (non-hydrogen) atoms. The van der Waals surface area contributed by atoms with E-state index in [4.69, 9.17) is 11.6 Å². The molecule has 1 heterocycles. The molecule has 1 aliphatic heterocycles. The molecule has 1 aliphatic rings. The fourth-order valence-electron chi connectivity index (χ4n) is 2.30. The molecule has 124 valence electrons. The average molecular weight is 354 g/mol. The number of aliphatic imine (C=N–C) groups is 1. The van der Waals surface area contributed by atoms with Crippen molar-refractivity contribution < 1.29 is 9.59 Å². The van der Waals surface area contributed by atoms with Crippen LogP contribution in [-0.4, -0.2) is 40.2 Å². The van der Waals surface area contributed by atoms with Gasteiger partial charge < -0.3 is 5.32 Å². The number of halogens is 1. The summed E-state index contributed by atoms with van der Waals surface area (Å²) in [5, 5.41) is 3.72. The first-order valence-electron chi connectivity index (χ1n) is 7.55. The molecule has 0 aliphatic carbocycles. The molecule has 0 saturated carbocycles. The van der Waals surface area contributed by atoms with Crippen LogP contribution in [0.5, 0.6) is 0 Å². The monoisotopic (exact) mass is 353 g/mol. The van der Waals surface area contributed by atoms with Gasteiger partial charge in [0, 0.05) is 30.2 Å². The van der Waals surface area contributed by atoms with Crippen molar-refractivity contribution in [1.82, 2.24) is 4.90 Å². The van der Waals surface area contributed by atoms with Gasteiger partial charge in [0.2, 0.25) is 11.8 Å². The third-order valence-electron chi connectivity index (χ3n) is 3.54. The fourth-order valence-corrected chi connectivity index (χ4v) is 3.74. The summed E-state index contributed by atoms with van der Waals surface area (Å²) in [5.41, 5.74) is 1.49. The second kappa shape index (κ2) is 7.84. The molecular weight excluding hydrogens is 334 g/mol.